The van der Waals surface area contributed by atoms with Gasteiger partial charge in [-0.05, 0) is 17.5 Å². The van der Waals surface area contributed by atoms with Gasteiger partial charge >= 0.3 is 0 Å². The molecule has 6 nitrogen and oxygen atoms in total. The van der Waals surface area contributed by atoms with Crippen LogP contribution in [0.3, 0.4) is 0 Å². The summed E-state index contributed by atoms with van der Waals surface area (Å²) >= 11 is 0.806. The highest BCUT2D eigenvalue weighted by Gasteiger charge is 2.26. The van der Waals surface area contributed by atoms with E-state index in [1.54, 1.807) is 49.3 Å². The van der Waals surface area contributed by atoms with Crippen LogP contribution in [0.15, 0.2) is 35.4 Å². The monoisotopic (exact) mass is 366 g/mol. The molecule has 1 aromatic heterocycles. The van der Waals surface area contributed by atoms with Crippen LogP contribution in [-0.4, -0.2) is 25.0 Å². The van der Waals surface area contributed by atoms with Gasteiger partial charge in [-0.2, -0.15) is 10.5 Å². The minimum Gasteiger partial charge on any atom is -0.368 e. The Morgan fingerprint density at radius 3 is 2.38 bits per heavy atom. The van der Waals surface area contributed by atoms with Gasteiger partial charge in [0, 0.05) is 14.1 Å². The Hall–Kier alpha value is -3.03. The number of pyridine rings is 1. The van der Waals surface area contributed by atoms with Crippen LogP contribution in [-0.2, 0) is 11.2 Å². The van der Waals surface area contributed by atoms with Gasteiger partial charge in [-0.15, -0.1) is 0 Å². The van der Waals surface area contributed by atoms with Crippen LogP contribution < -0.4 is 10.6 Å². The predicted molar refractivity (Wildman–Crippen MR) is 102 cm³/mol. The fraction of sp³-hybridized carbons (Fsp3) is 0.263. The average molecular weight is 366 g/mol. The molecule has 1 heterocycles. The number of aromatic nitrogens is 1. The summed E-state index contributed by atoms with van der Waals surface area (Å²) in [4.78, 5) is 18.3. The maximum absolute atomic E-state index is 12.2. The van der Waals surface area contributed by atoms with E-state index >= 15 is 0 Å². The Balaban J connectivity index is 2.74. The number of benzene rings is 1. The largest absolute Gasteiger partial charge is 0.368 e. The topological polar surface area (TPSA) is 107 Å². The summed E-state index contributed by atoms with van der Waals surface area (Å²) in [5.74, 6) is -0.478. The van der Waals surface area contributed by atoms with Gasteiger partial charge < -0.3 is 10.6 Å². The highest BCUT2D eigenvalue weighted by molar-refractivity contribution is 8.00. The fourth-order valence-corrected chi connectivity index (χ4v) is 3.47. The van der Waals surface area contributed by atoms with E-state index in [-0.39, 0.29) is 10.6 Å². The molecule has 2 N–H and O–H groups in total. The third kappa shape index (κ3) is 3.79. The summed E-state index contributed by atoms with van der Waals surface area (Å²) in [6.45, 7) is 1.84. The van der Waals surface area contributed by atoms with E-state index in [1.807, 2.05) is 6.92 Å². The van der Waals surface area contributed by atoms with Crippen LogP contribution >= 0.6 is 11.8 Å². The molecule has 0 saturated carbocycles. The minimum atomic E-state index is -1.86. The molecular formula is C19H19N5OS. The highest BCUT2D eigenvalue weighted by Crippen LogP contribution is 2.39. The Bertz CT molecular complexity index is 949. The molecule has 26 heavy (non-hydrogen) atoms. The van der Waals surface area contributed by atoms with Gasteiger partial charge in [-0.1, -0.05) is 49.0 Å². The molecule has 2 aromatic rings. The Kier molecular flexibility index (Phi) is 5.73. The lowest BCUT2D eigenvalue weighted by Gasteiger charge is -2.20. The number of hydrogen-bond donors (Lipinski definition) is 1. The van der Waals surface area contributed by atoms with E-state index in [9.17, 15) is 15.3 Å². The SMILES string of the molecule is [2H]C(Sc1nc(N(C)C)c(C#N)c(CC)c1C#N)(C(N)=O)c1ccccc1. The van der Waals surface area contributed by atoms with Crippen LogP contribution in [0.25, 0.3) is 0 Å². The molecule has 1 aromatic carbocycles. The number of hydrogen-bond acceptors (Lipinski definition) is 6. The highest BCUT2D eigenvalue weighted by atomic mass is 32.2. The first-order valence-electron chi connectivity index (χ1n) is 8.38. The molecular weight excluding hydrogens is 346 g/mol. The first-order valence-corrected chi connectivity index (χ1v) is 8.70. The van der Waals surface area contributed by atoms with Crippen molar-refractivity contribution in [2.24, 2.45) is 5.73 Å². The second-order valence-electron chi connectivity index (χ2n) is 5.60. The summed E-state index contributed by atoms with van der Waals surface area (Å²) in [5.41, 5.74) is 6.99. The lowest BCUT2D eigenvalue weighted by Crippen LogP contribution is -2.20. The van der Waals surface area contributed by atoms with E-state index in [2.05, 4.69) is 17.1 Å². The molecule has 0 aliphatic carbocycles. The number of carbonyl (C=O) groups is 1. The summed E-state index contributed by atoms with van der Waals surface area (Å²) in [7, 11) is 3.48. The molecule has 0 aliphatic heterocycles. The number of thioether (sulfide) groups is 1. The van der Waals surface area contributed by atoms with Crippen LogP contribution in [0.2, 0.25) is 0 Å². The van der Waals surface area contributed by atoms with E-state index in [0.29, 0.717) is 28.9 Å². The zero-order chi connectivity index (χ0) is 20.2. The first kappa shape index (κ1) is 17.8. The van der Waals surface area contributed by atoms with Crippen molar-refractivity contribution in [2.75, 3.05) is 19.0 Å². The van der Waals surface area contributed by atoms with Crippen LogP contribution in [0, 0.1) is 22.7 Å². The molecule has 2 rings (SSSR count). The molecule has 0 saturated heterocycles. The van der Waals surface area contributed by atoms with Crippen LogP contribution in [0.5, 0.6) is 0 Å². The van der Waals surface area contributed by atoms with Gasteiger partial charge in [0.2, 0.25) is 5.91 Å². The van der Waals surface area contributed by atoms with E-state index < -0.39 is 11.1 Å². The summed E-state index contributed by atoms with van der Waals surface area (Å²) in [6.07, 6.45) is 0.440. The molecule has 0 bridgehead atoms. The normalized spacial score (nSPS) is 13.0. The fourth-order valence-electron chi connectivity index (χ4n) is 2.52. The van der Waals surface area contributed by atoms with Gasteiger partial charge in [0.1, 0.15) is 28.2 Å². The van der Waals surface area contributed by atoms with Crippen molar-refractivity contribution in [2.45, 2.75) is 23.6 Å². The van der Waals surface area contributed by atoms with Gasteiger partial charge in [0.25, 0.3) is 0 Å². The summed E-state index contributed by atoms with van der Waals surface area (Å²) < 4.78 is 8.69. The zero-order valence-corrected chi connectivity index (χ0v) is 15.6. The number of nitrogens with zero attached hydrogens (tertiary/aromatic N) is 4. The second kappa shape index (κ2) is 8.37. The Morgan fingerprint density at radius 1 is 1.31 bits per heavy atom. The van der Waals surface area contributed by atoms with Crippen molar-refractivity contribution >= 4 is 23.5 Å². The maximum atomic E-state index is 12.2. The van der Waals surface area contributed by atoms with Gasteiger partial charge in [-0.25, -0.2) is 4.98 Å². The van der Waals surface area contributed by atoms with Crippen molar-refractivity contribution in [1.82, 2.24) is 4.98 Å². The van der Waals surface area contributed by atoms with Crippen molar-refractivity contribution in [3.8, 4) is 12.1 Å². The number of primary amides is 1. The van der Waals surface area contributed by atoms with Crippen LogP contribution in [0.1, 0.15) is 35.8 Å². The molecule has 0 spiro atoms. The third-order valence-electron chi connectivity index (χ3n) is 3.71. The molecule has 7 heteroatoms. The lowest BCUT2D eigenvalue weighted by molar-refractivity contribution is -0.117. The van der Waals surface area contributed by atoms with Crippen molar-refractivity contribution in [1.29, 1.82) is 10.5 Å². The molecule has 0 fully saturated rings. The molecule has 1 atom stereocenters. The van der Waals surface area contributed by atoms with Gasteiger partial charge in [0.05, 0.1) is 12.5 Å². The van der Waals surface area contributed by atoms with Crippen molar-refractivity contribution in [3.63, 3.8) is 0 Å². The summed E-state index contributed by atoms with van der Waals surface area (Å²) in [6, 6.07) is 12.7. The Morgan fingerprint density at radius 2 is 1.92 bits per heavy atom. The van der Waals surface area contributed by atoms with Gasteiger partial charge in [0.15, 0.2) is 0 Å². The number of rotatable bonds is 6. The maximum Gasteiger partial charge on any atom is 0.235 e. The third-order valence-corrected chi connectivity index (χ3v) is 4.84. The zero-order valence-electron chi connectivity index (χ0n) is 15.8. The van der Waals surface area contributed by atoms with E-state index in [0.717, 1.165) is 11.8 Å². The molecule has 0 radical (unpaired) electrons. The van der Waals surface area contributed by atoms with Gasteiger partial charge in [-0.3, -0.25) is 4.79 Å². The number of nitriles is 2. The standard InChI is InChI=1S/C19H19N5OS/c1-4-13-14(10-20)18(24(2)3)23-19(15(13)11-21)26-16(17(22)25)12-8-6-5-7-9-12/h5-9,16H,4H2,1-3H3,(H2,22,25)/i16D. The molecule has 1 amide bonds. The molecule has 132 valence electrons. The average Bonchev–Trinajstić information content (AvgIpc) is 2.67. The summed E-state index contributed by atoms with van der Waals surface area (Å²) in [5, 5.41) is 17.6. The first-order chi connectivity index (χ1) is 12.8. The minimum absolute atomic E-state index is 0.193. The van der Waals surface area contributed by atoms with Crippen molar-refractivity contribution < 1.29 is 6.17 Å². The number of carbonyl (C=O) groups excluding carboxylic acids is 1. The molecule has 1 unspecified atom stereocenters. The van der Waals surface area contributed by atoms with E-state index in [4.69, 9.17) is 7.10 Å². The smallest absolute Gasteiger partial charge is 0.235 e. The number of nitrogens with two attached hydrogens (primary N) is 1. The molecule has 0 aliphatic rings. The second-order valence-corrected chi connectivity index (χ2v) is 6.60. The number of amides is 1. The predicted octanol–water partition coefficient (Wildman–Crippen LogP) is 2.77. The number of anilines is 1. The quantitative estimate of drug-likeness (QED) is 0.788. The Labute approximate surface area is 158 Å². The van der Waals surface area contributed by atoms with E-state index in [1.165, 1.54) is 0 Å². The van der Waals surface area contributed by atoms with Crippen molar-refractivity contribution in [3.05, 3.63) is 52.6 Å². The van der Waals surface area contributed by atoms with Crippen LogP contribution in [0.4, 0.5) is 5.82 Å². The lowest BCUT2D eigenvalue weighted by atomic mass is 10.0.